The van der Waals surface area contributed by atoms with Crippen molar-refractivity contribution in [3.8, 4) is 0 Å². The van der Waals surface area contributed by atoms with E-state index < -0.39 is 33.2 Å². The van der Waals surface area contributed by atoms with Crippen LogP contribution in [-0.2, 0) is 27.2 Å². The molecule has 3 aromatic rings. The summed E-state index contributed by atoms with van der Waals surface area (Å²) in [6, 6.07) is 10.4. The van der Waals surface area contributed by atoms with Crippen LogP contribution in [0.5, 0.6) is 0 Å². The van der Waals surface area contributed by atoms with E-state index in [9.17, 15) is 26.4 Å². The molecule has 0 spiro atoms. The number of hydrogen-bond donors (Lipinski definition) is 1. The van der Waals surface area contributed by atoms with Crippen molar-refractivity contribution in [2.75, 3.05) is 11.1 Å². The summed E-state index contributed by atoms with van der Waals surface area (Å²) in [7, 11) is -3.86. The fourth-order valence-corrected chi connectivity index (χ4v) is 4.68. The second-order valence-corrected chi connectivity index (χ2v) is 9.81. The van der Waals surface area contributed by atoms with E-state index in [0.717, 1.165) is 23.5 Å². The molecule has 3 rings (SSSR count). The molecule has 0 saturated carbocycles. The summed E-state index contributed by atoms with van der Waals surface area (Å²) in [5.74, 6) is -1.55. The number of carbonyl (C=O) groups is 1. The Morgan fingerprint density at radius 3 is 2.50 bits per heavy atom. The lowest BCUT2D eigenvalue weighted by Gasteiger charge is -2.07. The number of carbonyl (C=O) groups excluding carboxylic acids is 1. The smallest absolute Gasteiger partial charge is 0.301 e. The first-order chi connectivity index (χ1) is 14.0. The average Bonchev–Trinajstić information content (AvgIpc) is 3.07. The average molecular weight is 475 g/mol. The molecule has 0 radical (unpaired) electrons. The lowest BCUT2D eigenvalue weighted by atomic mass is 10.1. The van der Waals surface area contributed by atoms with E-state index in [2.05, 4.69) is 10.3 Å². The minimum absolute atomic E-state index is 0.0357. The van der Waals surface area contributed by atoms with Crippen LogP contribution in [0.1, 0.15) is 16.0 Å². The van der Waals surface area contributed by atoms with Crippen molar-refractivity contribution in [3.05, 3.63) is 75.8 Å². The molecule has 0 aliphatic rings. The Hall–Kier alpha value is -2.43. The van der Waals surface area contributed by atoms with Gasteiger partial charge in [0.15, 0.2) is 15.0 Å². The van der Waals surface area contributed by atoms with Gasteiger partial charge in [-0.15, -0.1) is 11.3 Å². The number of thiazole rings is 1. The lowest BCUT2D eigenvalue weighted by Crippen LogP contribution is -2.22. The number of amides is 1. The Bertz CT molecular complexity index is 1160. The number of sulfone groups is 1. The molecule has 0 bridgehead atoms. The second-order valence-electron chi connectivity index (χ2n) is 6.27. The maximum atomic E-state index is 12.8. The van der Waals surface area contributed by atoms with E-state index >= 15 is 0 Å². The predicted molar refractivity (Wildman–Crippen MR) is 108 cm³/mol. The van der Waals surface area contributed by atoms with E-state index in [1.165, 1.54) is 36.5 Å². The van der Waals surface area contributed by atoms with Gasteiger partial charge >= 0.3 is 6.18 Å². The molecule has 30 heavy (non-hydrogen) atoms. The zero-order valence-corrected chi connectivity index (χ0v) is 17.5. The van der Waals surface area contributed by atoms with Gasteiger partial charge in [0.05, 0.1) is 10.5 Å². The monoisotopic (exact) mass is 474 g/mol. The van der Waals surface area contributed by atoms with Gasteiger partial charge in [-0.25, -0.2) is 13.4 Å². The summed E-state index contributed by atoms with van der Waals surface area (Å²) in [6.07, 6.45) is -2.81. The van der Waals surface area contributed by atoms with E-state index in [0.29, 0.717) is 15.5 Å². The van der Waals surface area contributed by atoms with Gasteiger partial charge in [-0.1, -0.05) is 29.8 Å². The lowest BCUT2D eigenvalue weighted by molar-refractivity contribution is -0.137. The van der Waals surface area contributed by atoms with Crippen molar-refractivity contribution in [1.29, 1.82) is 0 Å². The SMILES string of the molecule is O=C(CS(=O)(=O)c1ccc(Cl)cc1)Nc1ncc(Cc2cccc(C(F)(F)F)c2)s1. The van der Waals surface area contributed by atoms with E-state index in [-0.39, 0.29) is 16.4 Å². The third-order valence-corrected chi connectivity index (χ3v) is 6.72. The highest BCUT2D eigenvalue weighted by Crippen LogP contribution is 2.30. The Labute approximate surface area is 179 Å². The van der Waals surface area contributed by atoms with Gasteiger partial charge in [-0.2, -0.15) is 13.2 Å². The Morgan fingerprint density at radius 2 is 1.83 bits per heavy atom. The first-order valence-electron chi connectivity index (χ1n) is 8.42. The van der Waals surface area contributed by atoms with Crippen molar-refractivity contribution in [1.82, 2.24) is 4.98 Å². The number of alkyl halides is 3. The summed E-state index contributed by atoms with van der Waals surface area (Å²) in [5.41, 5.74) is -0.304. The van der Waals surface area contributed by atoms with Crippen LogP contribution in [0.3, 0.4) is 0 Å². The first-order valence-corrected chi connectivity index (χ1v) is 11.3. The zero-order chi connectivity index (χ0) is 21.9. The molecule has 0 fully saturated rings. The number of hydrogen-bond acceptors (Lipinski definition) is 5. The highest BCUT2D eigenvalue weighted by molar-refractivity contribution is 7.92. The quantitative estimate of drug-likeness (QED) is 0.555. The molecular weight excluding hydrogens is 461 g/mol. The molecule has 1 aromatic heterocycles. The van der Waals surface area contributed by atoms with Crippen LogP contribution in [-0.4, -0.2) is 25.1 Å². The highest BCUT2D eigenvalue weighted by atomic mass is 35.5. The number of aromatic nitrogens is 1. The summed E-state index contributed by atoms with van der Waals surface area (Å²) in [6.45, 7) is 0. The van der Waals surface area contributed by atoms with Gasteiger partial charge in [-0.3, -0.25) is 4.79 Å². The number of benzene rings is 2. The number of halogens is 4. The third kappa shape index (κ3) is 5.80. The minimum Gasteiger partial charge on any atom is -0.301 e. The summed E-state index contributed by atoms with van der Waals surface area (Å²) in [4.78, 5) is 16.7. The van der Waals surface area contributed by atoms with Gasteiger partial charge < -0.3 is 5.32 Å². The topological polar surface area (TPSA) is 76.1 Å². The predicted octanol–water partition coefficient (Wildman–Crippen LogP) is 4.82. The van der Waals surface area contributed by atoms with Crippen molar-refractivity contribution in [2.45, 2.75) is 17.5 Å². The molecule has 1 amide bonds. The fraction of sp³-hybridized carbons (Fsp3) is 0.158. The maximum Gasteiger partial charge on any atom is 0.416 e. The molecular formula is C19H14ClF3N2O3S2. The van der Waals surface area contributed by atoms with Gasteiger partial charge in [0, 0.05) is 22.5 Å². The standard InChI is InChI=1S/C19H14ClF3N2O3S2/c20-14-4-6-16(7-5-14)30(27,28)11-17(26)25-18-24-10-15(29-18)9-12-2-1-3-13(8-12)19(21,22)23/h1-8,10H,9,11H2,(H,24,25,26). The van der Waals surface area contributed by atoms with Crippen molar-refractivity contribution in [2.24, 2.45) is 0 Å². The fourth-order valence-electron chi connectivity index (χ4n) is 2.56. The van der Waals surface area contributed by atoms with E-state index in [1.807, 2.05) is 0 Å². The molecule has 1 N–H and O–H groups in total. The molecule has 0 saturated heterocycles. The van der Waals surface area contributed by atoms with Crippen LogP contribution in [0, 0.1) is 0 Å². The summed E-state index contributed by atoms with van der Waals surface area (Å²) in [5, 5.41) is 2.93. The highest BCUT2D eigenvalue weighted by Gasteiger charge is 2.30. The maximum absolute atomic E-state index is 12.8. The minimum atomic E-state index is -4.43. The number of rotatable bonds is 6. The molecule has 2 aromatic carbocycles. The summed E-state index contributed by atoms with van der Waals surface area (Å²) < 4.78 is 63.0. The molecule has 0 aliphatic heterocycles. The third-order valence-electron chi connectivity index (χ3n) is 3.93. The van der Waals surface area contributed by atoms with Gasteiger partial charge in [-0.05, 0) is 35.9 Å². The molecule has 1 heterocycles. The normalized spacial score (nSPS) is 12.0. The van der Waals surface area contributed by atoms with Crippen molar-refractivity contribution >= 4 is 43.8 Å². The molecule has 158 valence electrons. The van der Waals surface area contributed by atoms with Crippen molar-refractivity contribution in [3.63, 3.8) is 0 Å². The van der Waals surface area contributed by atoms with E-state index in [1.54, 1.807) is 6.07 Å². The Morgan fingerprint density at radius 1 is 1.13 bits per heavy atom. The molecule has 0 atom stereocenters. The first kappa shape index (κ1) is 22.3. The zero-order valence-electron chi connectivity index (χ0n) is 15.1. The van der Waals surface area contributed by atoms with Crippen LogP contribution < -0.4 is 5.32 Å². The van der Waals surface area contributed by atoms with Crippen molar-refractivity contribution < 1.29 is 26.4 Å². The molecule has 0 unspecified atom stereocenters. The number of nitrogens with one attached hydrogen (secondary N) is 1. The Balaban J connectivity index is 1.64. The summed E-state index contributed by atoms with van der Waals surface area (Å²) >= 11 is 6.79. The number of anilines is 1. The van der Waals surface area contributed by atoms with Gasteiger partial charge in [0.1, 0.15) is 5.75 Å². The van der Waals surface area contributed by atoms with Crippen LogP contribution >= 0.6 is 22.9 Å². The van der Waals surface area contributed by atoms with E-state index in [4.69, 9.17) is 11.6 Å². The van der Waals surface area contributed by atoms with Crippen LogP contribution in [0.4, 0.5) is 18.3 Å². The second kappa shape index (κ2) is 8.75. The number of nitrogens with zero attached hydrogens (tertiary/aromatic N) is 1. The van der Waals surface area contributed by atoms with Crippen LogP contribution in [0.25, 0.3) is 0 Å². The molecule has 11 heteroatoms. The molecule has 5 nitrogen and oxygen atoms in total. The van der Waals surface area contributed by atoms with Crippen LogP contribution in [0.15, 0.2) is 59.6 Å². The largest absolute Gasteiger partial charge is 0.416 e. The van der Waals surface area contributed by atoms with Crippen LogP contribution in [0.2, 0.25) is 5.02 Å². The van der Waals surface area contributed by atoms with Gasteiger partial charge in [0.25, 0.3) is 0 Å². The Kier molecular flexibility index (Phi) is 6.49. The molecule has 0 aliphatic carbocycles. The van der Waals surface area contributed by atoms with Gasteiger partial charge in [0.2, 0.25) is 5.91 Å².